The Hall–Kier alpha value is -1.14. The van der Waals surface area contributed by atoms with E-state index in [2.05, 4.69) is 0 Å². The molecule has 0 spiro atoms. The third-order valence-corrected chi connectivity index (χ3v) is 6.42. The minimum absolute atomic E-state index is 0. The number of nitrogens with zero attached hydrogens (tertiary/aromatic N) is 1. The van der Waals surface area contributed by atoms with Gasteiger partial charge in [-0.25, -0.2) is 8.42 Å². The fourth-order valence-electron chi connectivity index (χ4n) is 3.32. The van der Waals surface area contributed by atoms with E-state index in [-0.39, 0.29) is 18.4 Å². The van der Waals surface area contributed by atoms with Gasteiger partial charge in [0.2, 0.25) is 10.0 Å². The highest BCUT2D eigenvalue weighted by molar-refractivity contribution is 7.89. The molecule has 0 amide bonds. The normalized spacial score (nSPS) is 19.4. The molecule has 0 bridgehead atoms. The van der Waals surface area contributed by atoms with Gasteiger partial charge in [-0.1, -0.05) is 42.8 Å². The van der Waals surface area contributed by atoms with Crippen molar-refractivity contribution in [3.05, 3.63) is 42.5 Å². The van der Waals surface area contributed by atoms with Crippen LogP contribution >= 0.6 is 12.4 Å². The molecule has 3 rings (SSSR count). The van der Waals surface area contributed by atoms with Gasteiger partial charge in [0, 0.05) is 18.0 Å². The molecule has 2 aromatic rings. The van der Waals surface area contributed by atoms with Crippen LogP contribution in [0.3, 0.4) is 0 Å². The number of sulfonamides is 1. The number of nitrogens with two attached hydrogens (primary N) is 1. The van der Waals surface area contributed by atoms with E-state index in [1.54, 1.807) is 10.4 Å². The number of benzene rings is 2. The molecular formula is C17H23ClN2O2S. The summed E-state index contributed by atoms with van der Waals surface area (Å²) in [5.41, 5.74) is 5.67. The summed E-state index contributed by atoms with van der Waals surface area (Å²) < 4.78 is 28.0. The zero-order valence-corrected chi connectivity index (χ0v) is 14.7. The summed E-state index contributed by atoms with van der Waals surface area (Å²) in [7, 11) is -3.48. The lowest BCUT2D eigenvalue weighted by Gasteiger charge is -2.34. The fourth-order valence-corrected chi connectivity index (χ4v) is 5.26. The number of hydrogen-bond donors (Lipinski definition) is 1. The molecule has 1 heterocycles. The lowest BCUT2D eigenvalue weighted by molar-refractivity contribution is 0.243. The van der Waals surface area contributed by atoms with Crippen molar-refractivity contribution < 1.29 is 8.42 Å². The van der Waals surface area contributed by atoms with Crippen LogP contribution in [-0.4, -0.2) is 31.9 Å². The van der Waals surface area contributed by atoms with Gasteiger partial charge in [0.1, 0.15) is 0 Å². The number of piperidine rings is 1. The van der Waals surface area contributed by atoms with Gasteiger partial charge >= 0.3 is 0 Å². The second-order valence-electron chi connectivity index (χ2n) is 5.82. The Bertz CT molecular complexity index is 757. The van der Waals surface area contributed by atoms with Crippen LogP contribution in [0, 0.1) is 0 Å². The van der Waals surface area contributed by atoms with Crippen LogP contribution in [0.25, 0.3) is 10.8 Å². The molecule has 2 aromatic carbocycles. The van der Waals surface area contributed by atoms with Crippen molar-refractivity contribution in [1.29, 1.82) is 0 Å². The Kier molecular flexibility index (Phi) is 6.03. The second-order valence-corrected chi connectivity index (χ2v) is 7.68. The lowest BCUT2D eigenvalue weighted by Crippen LogP contribution is -2.44. The van der Waals surface area contributed by atoms with Gasteiger partial charge < -0.3 is 5.73 Å². The molecule has 1 aliphatic heterocycles. The quantitative estimate of drug-likeness (QED) is 0.917. The first-order chi connectivity index (χ1) is 10.6. The molecule has 23 heavy (non-hydrogen) atoms. The summed E-state index contributed by atoms with van der Waals surface area (Å²) in [6.45, 7) is 1.11. The molecule has 0 aromatic heterocycles. The first-order valence-electron chi connectivity index (χ1n) is 7.84. The highest BCUT2D eigenvalue weighted by atomic mass is 35.5. The van der Waals surface area contributed by atoms with Crippen LogP contribution in [0.5, 0.6) is 0 Å². The molecule has 0 saturated carbocycles. The van der Waals surface area contributed by atoms with E-state index in [9.17, 15) is 8.42 Å². The van der Waals surface area contributed by atoms with E-state index in [1.807, 2.05) is 36.4 Å². The Morgan fingerprint density at radius 1 is 1.09 bits per heavy atom. The second kappa shape index (κ2) is 7.62. The van der Waals surface area contributed by atoms with Crippen molar-refractivity contribution in [2.45, 2.75) is 36.6 Å². The summed E-state index contributed by atoms with van der Waals surface area (Å²) in [6.07, 6.45) is 3.63. The summed E-state index contributed by atoms with van der Waals surface area (Å²) in [6, 6.07) is 13.1. The van der Waals surface area contributed by atoms with Gasteiger partial charge in [-0.05, 0) is 37.3 Å². The Morgan fingerprint density at radius 3 is 2.61 bits per heavy atom. The molecular weight excluding hydrogens is 332 g/mol. The third kappa shape index (κ3) is 3.53. The molecule has 1 fully saturated rings. The predicted octanol–water partition coefficient (Wildman–Crippen LogP) is 3.15. The van der Waals surface area contributed by atoms with Gasteiger partial charge in [-0.2, -0.15) is 4.31 Å². The standard InChI is InChI=1S/C17H22N2O2S.ClH/c18-12-11-15-8-3-4-13-19(15)22(20,21)17-10-5-7-14-6-1-2-9-16(14)17;/h1-2,5-7,9-10,15H,3-4,8,11-13,18H2;1H. The molecule has 0 aliphatic carbocycles. The lowest BCUT2D eigenvalue weighted by atomic mass is 10.0. The topological polar surface area (TPSA) is 63.4 Å². The maximum absolute atomic E-state index is 13.2. The highest BCUT2D eigenvalue weighted by Crippen LogP contribution is 2.30. The first kappa shape index (κ1) is 18.2. The van der Waals surface area contributed by atoms with Crippen molar-refractivity contribution in [3.63, 3.8) is 0 Å². The summed E-state index contributed by atoms with van der Waals surface area (Å²) in [5.74, 6) is 0. The first-order valence-corrected chi connectivity index (χ1v) is 9.28. The number of halogens is 1. The smallest absolute Gasteiger partial charge is 0.243 e. The highest BCUT2D eigenvalue weighted by Gasteiger charge is 2.33. The molecule has 1 aliphatic rings. The van der Waals surface area contributed by atoms with Crippen LogP contribution in [0.2, 0.25) is 0 Å². The van der Waals surface area contributed by atoms with Gasteiger partial charge in [-0.15, -0.1) is 12.4 Å². The Balaban J connectivity index is 0.00000192. The van der Waals surface area contributed by atoms with Gasteiger partial charge in [0.15, 0.2) is 0 Å². The minimum atomic E-state index is -3.48. The number of hydrogen-bond acceptors (Lipinski definition) is 3. The number of rotatable bonds is 4. The fraction of sp³-hybridized carbons (Fsp3) is 0.412. The van der Waals surface area contributed by atoms with Crippen molar-refractivity contribution in [2.75, 3.05) is 13.1 Å². The van der Waals surface area contributed by atoms with Gasteiger partial charge in [0.05, 0.1) is 4.90 Å². The zero-order valence-electron chi connectivity index (χ0n) is 13.0. The van der Waals surface area contributed by atoms with Gasteiger partial charge in [-0.3, -0.25) is 0 Å². The average molecular weight is 355 g/mol. The van der Waals surface area contributed by atoms with Crippen LogP contribution < -0.4 is 5.73 Å². The Morgan fingerprint density at radius 2 is 1.83 bits per heavy atom. The van der Waals surface area contributed by atoms with E-state index in [0.29, 0.717) is 18.0 Å². The largest absolute Gasteiger partial charge is 0.330 e. The molecule has 0 radical (unpaired) electrons. The monoisotopic (exact) mass is 354 g/mol. The van der Waals surface area contributed by atoms with Crippen LogP contribution in [0.4, 0.5) is 0 Å². The summed E-state index contributed by atoms with van der Waals surface area (Å²) >= 11 is 0. The van der Waals surface area contributed by atoms with Gasteiger partial charge in [0.25, 0.3) is 0 Å². The molecule has 4 nitrogen and oxygen atoms in total. The molecule has 126 valence electrons. The van der Waals surface area contributed by atoms with Crippen molar-refractivity contribution in [2.24, 2.45) is 5.73 Å². The average Bonchev–Trinajstić information content (AvgIpc) is 2.55. The van der Waals surface area contributed by atoms with Crippen LogP contribution in [0.15, 0.2) is 47.4 Å². The molecule has 6 heteroatoms. The molecule has 1 unspecified atom stereocenters. The number of fused-ring (bicyclic) bond motifs is 1. The van der Waals surface area contributed by atoms with E-state index >= 15 is 0 Å². The Labute approximate surface area is 144 Å². The van der Waals surface area contributed by atoms with E-state index in [4.69, 9.17) is 5.73 Å². The minimum Gasteiger partial charge on any atom is -0.330 e. The summed E-state index contributed by atoms with van der Waals surface area (Å²) in [5, 5.41) is 1.75. The molecule has 1 saturated heterocycles. The van der Waals surface area contributed by atoms with Crippen molar-refractivity contribution in [1.82, 2.24) is 4.31 Å². The van der Waals surface area contributed by atoms with Crippen LogP contribution in [-0.2, 0) is 10.0 Å². The van der Waals surface area contributed by atoms with Crippen molar-refractivity contribution >= 4 is 33.2 Å². The van der Waals surface area contributed by atoms with E-state index in [1.165, 1.54) is 0 Å². The van der Waals surface area contributed by atoms with Crippen LogP contribution in [0.1, 0.15) is 25.7 Å². The maximum Gasteiger partial charge on any atom is 0.243 e. The third-order valence-electron chi connectivity index (χ3n) is 4.41. The SMILES string of the molecule is Cl.NCCC1CCCCN1S(=O)(=O)c1cccc2ccccc12. The van der Waals surface area contributed by atoms with E-state index < -0.39 is 10.0 Å². The zero-order chi connectivity index (χ0) is 15.6. The predicted molar refractivity (Wildman–Crippen MR) is 96.4 cm³/mol. The summed E-state index contributed by atoms with van der Waals surface area (Å²) in [4.78, 5) is 0.412. The molecule has 1 atom stereocenters. The molecule has 2 N–H and O–H groups in total. The van der Waals surface area contributed by atoms with Crippen molar-refractivity contribution in [3.8, 4) is 0 Å². The van der Waals surface area contributed by atoms with E-state index in [0.717, 1.165) is 36.5 Å². The maximum atomic E-state index is 13.2.